The van der Waals surface area contributed by atoms with Gasteiger partial charge in [0.15, 0.2) is 5.65 Å². The molecule has 0 unspecified atom stereocenters. The molecule has 2 heterocycles. The molecule has 0 amide bonds. The predicted octanol–water partition coefficient (Wildman–Crippen LogP) is 2.37. The smallest absolute Gasteiger partial charge is 0.381 e. The molecule has 2 aromatic heterocycles. The Balaban J connectivity index is 1.54. The van der Waals surface area contributed by atoms with Crippen molar-refractivity contribution < 1.29 is 17.9 Å². The zero-order chi connectivity index (χ0) is 15.6. The Kier molecular flexibility index (Phi) is 4.14. The van der Waals surface area contributed by atoms with Crippen molar-refractivity contribution in [1.82, 2.24) is 19.8 Å². The maximum Gasteiger partial charge on any atom is 0.453 e. The molecule has 1 aliphatic rings. The molecule has 1 aliphatic carbocycles. The van der Waals surface area contributed by atoms with Crippen molar-refractivity contribution in [3.8, 4) is 0 Å². The Morgan fingerprint density at radius 2 is 2.09 bits per heavy atom. The maximum absolute atomic E-state index is 12.7. The first-order valence-corrected chi connectivity index (χ1v) is 7.15. The van der Waals surface area contributed by atoms with E-state index >= 15 is 0 Å². The van der Waals surface area contributed by atoms with E-state index < -0.39 is 12.0 Å². The highest BCUT2D eigenvalue weighted by Gasteiger charge is 2.37. The largest absolute Gasteiger partial charge is 0.453 e. The second-order valence-electron chi connectivity index (χ2n) is 5.31. The Morgan fingerprint density at radius 1 is 1.27 bits per heavy atom. The summed E-state index contributed by atoms with van der Waals surface area (Å²) in [6, 6.07) is 3.02. The fourth-order valence-electron chi connectivity index (χ4n) is 1.99. The van der Waals surface area contributed by atoms with E-state index in [1.54, 1.807) is 6.07 Å². The second kappa shape index (κ2) is 6.07. The van der Waals surface area contributed by atoms with Crippen molar-refractivity contribution >= 4 is 11.5 Å². The molecule has 9 heteroatoms. The molecule has 2 aromatic rings. The summed E-state index contributed by atoms with van der Waals surface area (Å²) in [4.78, 5) is 0. The van der Waals surface area contributed by atoms with E-state index in [9.17, 15) is 13.2 Å². The summed E-state index contributed by atoms with van der Waals surface area (Å²) >= 11 is 0. The maximum atomic E-state index is 12.7. The van der Waals surface area contributed by atoms with Gasteiger partial charge < -0.3 is 10.1 Å². The average molecular weight is 315 g/mol. The molecule has 120 valence electrons. The molecule has 0 radical (unpaired) electrons. The standard InChI is InChI=1S/C13H16F3N5O/c14-13(15,16)12-19-18-11-5-4-10(20-21(11)12)17-6-1-7-22-8-9-2-3-9/h4-5,9H,1-3,6-8H2,(H,17,20). The molecule has 0 spiro atoms. The lowest BCUT2D eigenvalue weighted by Gasteiger charge is -2.07. The van der Waals surface area contributed by atoms with Crippen LogP contribution in [-0.2, 0) is 10.9 Å². The lowest BCUT2D eigenvalue weighted by molar-refractivity contribution is -0.146. The molecule has 0 atom stereocenters. The third-order valence-corrected chi connectivity index (χ3v) is 3.34. The zero-order valence-corrected chi connectivity index (χ0v) is 11.8. The number of aromatic nitrogens is 4. The van der Waals surface area contributed by atoms with Crippen LogP contribution in [0.15, 0.2) is 12.1 Å². The molecule has 0 aliphatic heterocycles. The van der Waals surface area contributed by atoms with Gasteiger partial charge >= 0.3 is 6.18 Å². The topological polar surface area (TPSA) is 64.3 Å². The van der Waals surface area contributed by atoms with Gasteiger partial charge in [-0.05, 0) is 37.3 Å². The van der Waals surface area contributed by atoms with Gasteiger partial charge in [0.25, 0.3) is 5.82 Å². The van der Waals surface area contributed by atoms with E-state index in [1.807, 2.05) is 0 Å². The first-order chi connectivity index (χ1) is 10.5. The van der Waals surface area contributed by atoms with Crippen LogP contribution in [0.1, 0.15) is 25.1 Å². The number of ether oxygens (including phenoxy) is 1. The van der Waals surface area contributed by atoms with E-state index in [-0.39, 0.29) is 5.65 Å². The Hall–Kier alpha value is -1.90. The van der Waals surface area contributed by atoms with Crippen LogP contribution in [0.4, 0.5) is 19.0 Å². The minimum atomic E-state index is -4.58. The van der Waals surface area contributed by atoms with Crippen LogP contribution in [-0.4, -0.2) is 39.6 Å². The van der Waals surface area contributed by atoms with Crippen LogP contribution in [0.25, 0.3) is 5.65 Å². The van der Waals surface area contributed by atoms with Crippen LogP contribution in [0.3, 0.4) is 0 Å². The number of rotatable bonds is 7. The van der Waals surface area contributed by atoms with E-state index in [1.165, 1.54) is 18.9 Å². The van der Waals surface area contributed by atoms with Crippen molar-refractivity contribution in [2.45, 2.75) is 25.4 Å². The summed E-state index contributed by atoms with van der Waals surface area (Å²) < 4.78 is 44.4. The third kappa shape index (κ3) is 3.65. The Morgan fingerprint density at radius 3 is 2.82 bits per heavy atom. The van der Waals surface area contributed by atoms with Gasteiger partial charge in [-0.15, -0.1) is 15.3 Å². The molecule has 0 saturated heterocycles. The molecule has 1 fully saturated rings. The van der Waals surface area contributed by atoms with Gasteiger partial charge in [0.05, 0.1) is 0 Å². The fourth-order valence-corrected chi connectivity index (χ4v) is 1.99. The van der Waals surface area contributed by atoms with Crippen LogP contribution in [0.2, 0.25) is 0 Å². The number of hydrogen-bond donors (Lipinski definition) is 1. The zero-order valence-electron chi connectivity index (χ0n) is 11.8. The molecular formula is C13H16F3N5O. The number of alkyl halides is 3. The molecule has 1 N–H and O–H groups in total. The summed E-state index contributed by atoms with van der Waals surface area (Å²) in [7, 11) is 0. The van der Waals surface area contributed by atoms with Gasteiger partial charge in [-0.2, -0.15) is 17.7 Å². The number of nitrogens with zero attached hydrogens (tertiary/aromatic N) is 4. The van der Waals surface area contributed by atoms with Crippen LogP contribution in [0, 0.1) is 5.92 Å². The molecular weight excluding hydrogens is 299 g/mol. The molecule has 3 rings (SSSR count). The monoisotopic (exact) mass is 315 g/mol. The van der Waals surface area contributed by atoms with E-state index in [4.69, 9.17) is 4.74 Å². The fraction of sp³-hybridized carbons (Fsp3) is 0.615. The first-order valence-electron chi connectivity index (χ1n) is 7.15. The first kappa shape index (κ1) is 15.0. The summed E-state index contributed by atoms with van der Waals surface area (Å²) in [5.74, 6) is -0.0505. The third-order valence-electron chi connectivity index (χ3n) is 3.34. The predicted molar refractivity (Wildman–Crippen MR) is 72.4 cm³/mol. The van der Waals surface area contributed by atoms with Crippen LogP contribution >= 0.6 is 0 Å². The van der Waals surface area contributed by atoms with Gasteiger partial charge in [0, 0.05) is 19.8 Å². The summed E-state index contributed by atoms with van der Waals surface area (Å²) in [5, 5.41) is 13.4. The summed E-state index contributed by atoms with van der Waals surface area (Å²) in [6.45, 7) is 2.01. The number of fused-ring (bicyclic) bond motifs is 1. The van der Waals surface area contributed by atoms with Crippen molar-refractivity contribution in [1.29, 1.82) is 0 Å². The number of hydrogen-bond acceptors (Lipinski definition) is 5. The van der Waals surface area contributed by atoms with Crippen LogP contribution in [0.5, 0.6) is 0 Å². The Bertz CT molecular complexity index is 638. The number of anilines is 1. The lowest BCUT2D eigenvalue weighted by atomic mass is 10.4. The molecule has 0 aromatic carbocycles. The van der Waals surface area contributed by atoms with Gasteiger partial charge in [-0.25, -0.2) is 0 Å². The van der Waals surface area contributed by atoms with E-state index in [2.05, 4.69) is 20.6 Å². The normalized spacial score (nSPS) is 15.4. The molecule has 6 nitrogen and oxygen atoms in total. The minimum absolute atomic E-state index is 0.0608. The van der Waals surface area contributed by atoms with E-state index in [0.717, 1.165) is 18.9 Å². The van der Waals surface area contributed by atoms with Gasteiger partial charge in [-0.3, -0.25) is 0 Å². The van der Waals surface area contributed by atoms with Crippen molar-refractivity contribution in [3.05, 3.63) is 18.0 Å². The van der Waals surface area contributed by atoms with Gasteiger partial charge in [0.2, 0.25) is 0 Å². The SMILES string of the molecule is FC(F)(F)c1nnc2ccc(NCCCOCC3CC3)nn12. The highest BCUT2D eigenvalue weighted by molar-refractivity contribution is 5.44. The van der Waals surface area contributed by atoms with E-state index in [0.29, 0.717) is 23.5 Å². The molecule has 1 saturated carbocycles. The highest BCUT2D eigenvalue weighted by atomic mass is 19.4. The number of halogens is 3. The Labute approximate surface area is 124 Å². The quantitative estimate of drug-likeness (QED) is 0.795. The highest BCUT2D eigenvalue weighted by Crippen LogP contribution is 2.29. The number of nitrogens with one attached hydrogen (secondary N) is 1. The molecule has 22 heavy (non-hydrogen) atoms. The second-order valence-corrected chi connectivity index (χ2v) is 5.31. The molecule has 0 bridgehead atoms. The van der Waals surface area contributed by atoms with Crippen molar-refractivity contribution in [2.24, 2.45) is 5.92 Å². The minimum Gasteiger partial charge on any atom is -0.381 e. The van der Waals surface area contributed by atoms with Crippen molar-refractivity contribution in [3.63, 3.8) is 0 Å². The summed E-state index contributed by atoms with van der Waals surface area (Å²) in [5.41, 5.74) is 0.0608. The summed E-state index contributed by atoms with van der Waals surface area (Å²) in [6.07, 6.45) is -1.31. The van der Waals surface area contributed by atoms with Gasteiger partial charge in [0.1, 0.15) is 5.82 Å². The van der Waals surface area contributed by atoms with Gasteiger partial charge in [-0.1, -0.05) is 0 Å². The lowest BCUT2D eigenvalue weighted by Crippen LogP contribution is -2.14. The average Bonchev–Trinajstić information content (AvgIpc) is 3.18. The van der Waals surface area contributed by atoms with Crippen LogP contribution < -0.4 is 5.32 Å². The van der Waals surface area contributed by atoms with Crippen molar-refractivity contribution in [2.75, 3.05) is 25.1 Å².